The summed E-state index contributed by atoms with van der Waals surface area (Å²) < 4.78 is 17.3. The normalized spacial score (nSPS) is 23.6. The Balaban J connectivity index is 1.51. The van der Waals surface area contributed by atoms with Crippen LogP contribution in [0.25, 0.3) is 34.1 Å². The number of aromatic nitrogens is 8. The number of anilines is 1. The van der Waals surface area contributed by atoms with Crippen molar-refractivity contribution >= 4 is 34.6 Å². The van der Waals surface area contributed by atoms with Gasteiger partial charge in [-0.15, -0.1) is 0 Å². The maximum atomic E-state index is 15.9. The molecule has 0 spiro atoms. The van der Waals surface area contributed by atoms with Crippen molar-refractivity contribution in [3.63, 3.8) is 0 Å². The average molecular weight is 498 g/mol. The topological polar surface area (TPSA) is 147 Å². The minimum atomic E-state index is -0.873. The van der Waals surface area contributed by atoms with Gasteiger partial charge in [0.1, 0.15) is 22.7 Å². The molecule has 4 heterocycles. The number of halogens is 2. The Morgan fingerprint density at radius 2 is 1.97 bits per heavy atom. The van der Waals surface area contributed by atoms with Crippen LogP contribution in [0.3, 0.4) is 0 Å². The molecule has 3 aliphatic carbocycles. The van der Waals surface area contributed by atoms with Crippen LogP contribution >= 0.6 is 11.6 Å². The van der Waals surface area contributed by atoms with Crippen LogP contribution < -0.4 is 5.32 Å². The molecule has 0 aromatic carbocycles. The first kappa shape index (κ1) is 21.8. The van der Waals surface area contributed by atoms with Gasteiger partial charge in [-0.25, -0.2) is 34.0 Å². The number of aliphatic carboxylic acids is 1. The summed E-state index contributed by atoms with van der Waals surface area (Å²) in [5, 5.41) is 17.3. The first-order chi connectivity index (χ1) is 16.9. The summed E-state index contributed by atoms with van der Waals surface area (Å²) in [4.78, 5) is 36.8. The summed E-state index contributed by atoms with van der Waals surface area (Å²) in [6.07, 6.45) is 7.89. The van der Waals surface area contributed by atoms with Gasteiger partial charge in [-0.1, -0.05) is 11.6 Å². The van der Waals surface area contributed by atoms with E-state index in [0.717, 1.165) is 25.7 Å². The molecule has 0 aliphatic heterocycles. The van der Waals surface area contributed by atoms with Gasteiger partial charge in [-0.05, 0) is 37.5 Å². The van der Waals surface area contributed by atoms with Crippen LogP contribution in [0.15, 0.2) is 18.7 Å². The number of carboxylic acid groups (broad SMARTS) is 1. The number of H-pyrrole nitrogens is 1. The maximum Gasteiger partial charge on any atom is 0.308 e. The zero-order chi connectivity index (χ0) is 24.3. The van der Waals surface area contributed by atoms with Crippen molar-refractivity contribution in [3.05, 3.63) is 29.7 Å². The van der Waals surface area contributed by atoms with E-state index < -0.39 is 23.7 Å². The van der Waals surface area contributed by atoms with Crippen LogP contribution in [-0.2, 0) is 11.8 Å². The lowest BCUT2D eigenvalue weighted by atomic mass is 9.61. The maximum absolute atomic E-state index is 15.9. The SMILES string of the molecule is Cn1ncnc1-c1nc(-c2c[nH]c3ncc(Cl)nc23)nc(N[C@H]2C3CCC(CC3)[C@@H]2C(=O)O)c1F. The Hall–Kier alpha value is -3.67. The quantitative estimate of drug-likeness (QED) is 0.377. The fourth-order valence-corrected chi connectivity index (χ4v) is 5.67. The summed E-state index contributed by atoms with van der Waals surface area (Å²) in [5.74, 6) is -1.74. The van der Waals surface area contributed by atoms with E-state index in [2.05, 4.69) is 40.3 Å². The summed E-state index contributed by atoms with van der Waals surface area (Å²) in [6.45, 7) is 0. The van der Waals surface area contributed by atoms with E-state index in [4.69, 9.17) is 11.6 Å². The van der Waals surface area contributed by atoms with E-state index in [1.54, 1.807) is 13.2 Å². The van der Waals surface area contributed by atoms with Gasteiger partial charge in [-0.3, -0.25) is 4.79 Å². The summed E-state index contributed by atoms with van der Waals surface area (Å²) >= 11 is 6.06. The Morgan fingerprint density at radius 3 is 2.69 bits per heavy atom. The van der Waals surface area contributed by atoms with E-state index in [0.29, 0.717) is 16.7 Å². The monoisotopic (exact) mass is 497 g/mol. The minimum absolute atomic E-state index is 0.0589. The number of hydrogen-bond acceptors (Lipinski definition) is 8. The third-order valence-corrected chi connectivity index (χ3v) is 7.36. The van der Waals surface area contributed by atoms with Crippen molar-refractivity contribution in [1.82, 2.24) is 39.7 Å². The number of carboxylic acids is 1. The third kappa shape index (κ3) is 3.59. The van der Waals surface area contributed by atoms with E-state index in [1.807, 2.05) is 0 Å². The highest BCUT2D eigenvalue weighted by atomic mass is 35.5. The van der Waals surface area contributed by atoms with Gasteiger partial charge >= 0.3 is 5.97 Å². The molecule has 0 unspecified atom stereocenters. The van der Waals surface area contributed by atoms with Crippen LogP contribution in [0.5, 0.6) is 0 Å². The molecule has 3 aliphatic rings. The van der Waals surface area contributed by atoms with Crippen molar-refractivity contribution in [1.29, 1.82) is 0 Å². The fourth-order valence-electron chi connectivity index (χ4n) is 5.53. The molecule has 2 atom stereocenters. The number of aromatic amines is 1. The van der Waals surface area contributed by atoms with Gasteiger partial charge in [0.15, 0.2) is 28.9 Å². The molecule has 11 nitrogen and oxygen atoms in total. The van der Waals surface area contributed by atoms with Gasteiger partial charge < -0.3 is 15.4 Å². The lowest BCUT2D eigenvalue weighted by Crippen LogP contribution is -2.51. The van der Waals surface area contributed by atoms with Crippen molar-refractivity contribution < 1.29 is 14.3 Å². The summed E-state index contributed by atoms with van der Waals surface area (Å²) in [5.41, 5.74) is 1.32. The highest BCUT2D eigenvalue weighted by Crippen LogP contribution is 2.46. The Labute approximate surface area is 203 Å². The van der Waals surface area contributed by atoms with Crippen LogP contribution in [0.2, 0.25) is 5.15 Å². The molecular formula is C22H21ClFN9O2. The molecular weight excluding hydrogens is 477 g/mol. The van der Waals surface area contributed by atoms with Crippen LogP contribution in [-0.4, -0.2) is 56.8 Å². The number of nitrogens with zero attached hydrogens (tertiary/aromatic N) is 7. The lowest BCUT2D eigenvalue weighted by Gasteiger charge is -2.47. The first-order valence-corrected chi connectivity index (χ1v) is 11.7. The van der Waals surface area contributed by atoms with E-state index in [1.165, 1.54) is 17.2 Å². The number of nitrogens with one attached hydrogen (secondary N) is 2. The summed E-state index contributed by atoms with van der Waals surface area (Å²) in [7, 11) is 1.63. The van der Waals surface area contributed by atoms with E-state index in [9.17, 15) is 9.90 Å². The largest absolute Gasteiger partial charge is 0.481 e. The van der Waals surface area contributed by atoms with E-state index in [-0.39, 0.29) is 40.1 Å². The van der Waals surface area contributed by atoms with Gasteiger partial charge in [0, 0.05) is 19.3 Å². The molecule has 0 saturated heterocycles. The van der Waals surface area contributed by atoms with Gasteiger partial charge in [0.05, 0.1) is 17.7 Å². The molecule has 13 heteroatoms. The molecule has 7 rings (SSSR count). The predicted molar refractivity (Wildman–Crippen MR) is 124 cm³/mol. The Bertz CT molecular complexity index is 1450. The number of aryl methyl sites for hydroxylation is 1. The fraction of sp³-hybridized carbons (Fsp3) is 0.409. The second kappa shape index (κ2) is 8.22. The number of hydrogen-bond donors (Lipinski definition) is 3. The van der Waals surface area contributed by atoms with Crippen LogP contribution in [0.4, 0.5) is 10.2 Å². The zero-order valence-electron chi connectivity index (χ0n) is 18.6. The van der Waals surface area contributed by atoms with E-state index >= 15 is 4.39 Å². The molecule has 35 heavy (non-hydrogen) atoms. The van der Waals surface area contributed by atoms with Gasteiger partial charge in [0.25, 0.3) is 0 Å². The second-order valence-electron chi connectivity index (χ2n) is 9.07. The van der Waals surface area contributed by atoms with Crippen molar-refractivity contribution in [3.8, 4) is 22.9 Å². The summed E-state index contributed by atoms with van der Waals surface area (Å²) in [6, 6.07) is -0.443. The predicted octanol–water partition coefficient (Wildman–Crippen LogP) is 3.30. The van der Waals surface area contributed by atoms with Gasteiger partial charge in [0.2, 0.25) is 0 Å². The highest BCUT2D eigenvalue weighted by molar-refractivity contribution is 6.29. The molecule has 180 valence electrons. The molecule has 2 bridgehead atoms. The molecule has 0 amide bonds. The Kier molecular flexibility index (Phi) is 5.13. The van der Waals surface area contributed by atoms with Crippen molar-refractivity contribution in [2.45, 2.75) is 31.7 Å². The molecule has 4 aromatic heterocycles. The third-order valence-electron chi connectivity index (χ3n) is 7.17. The molecule has 3 fully saturated rings. The van der Waals surface area contributed by atoms with Crippen LogP contribution in [0.1, 0.15) is 25.7 Å². The lowest BCUT2D eigenvalue weighted by molar-refractivity contribution is -0.148. The molecule has 3 saturated carbocycles. The highest BCUT2D eigenvalue weighted by Gasteiger charge is 2.47. The van der Waals surface area contributed by atoms with Crippen molar-refractivity contribution in [2.24, 2.45) is 24.8 Å². The smallest absolute Gasteiger partial charge is 0.308 e. The number of carbonyl (C=O) groups is 1. The zero-order valence-corrected chi connectivity index (χ0v) is 19.4. The van der Waals surface area contributed by atoms with Crippen molar-refractivity contribution in [2.75, 3.05) is 5.32 Å². The standard InChI is InChI=1S/C22H21ClFN9O2/c1-33-21(27-8-28-33)17-14(24)19(30-15-10-4-2-9(3-5-10)13(15)22(34)35)32-18(31-17)11-6-25-20-16(11)29-12(23)7-26-20/h6-10,13,15H,2-5H2,1H3,(H,25,26)(H,34,35)(H,30,31,32)/t9?,10?,13-,15-/m0/s1. The molecule has 3 N–H and O–H groups in total. The number of fused-ring (bicyclic) bond motifs is 4. The average Bonchev–Trinajstić information content (AvgIpc) is 3.46. The van der Waals surface area contributed by atoms with Crippen LogP contribution in [0, 0.1) is 23.6 Å². The molecule has 0 radical (unpaired) electrons. The second-order valence-corrected chi connectivity index (χ2v) is 9.45. The minimum Gasteiger partial charge on any atom is -0.481 e. The Morgan fingerprint density at radius 1 is 1.20 bits per heavy atom. The number of rotatable bonds is 5. The first-order valence-electron chi connectivity index (χ1n) is 11.3. The van der Waals surface area contributed by atoms with Gasteiger partial charge in [-0.2, -0.15) is 5.10 Å². The molecule has 4 aromatic rings.